The van der Waals surface area contributed by atoms with Gasteiger partial charge in [-0.25, -0.2) is 4.39 Å². The fourth-order valence-electron chi connectivity index (χ4n) is 3.74. The molecule has 26 heavy (non-hydrogen) atoms. The second-order valence-corrected chi connectivity index (χ2v) is 7.90. The number of rotatable bonds is 4. The maximum atomic E-state index is 13.4. The first-order chi connectivity index (χ1) is 12.3. The van der Waals surface area contributed by atoms with E-state index in [0.29, 0.717) is 17.4 Å². The molecular formula is C20H19FNO3S-. The maximum absolute atomic E-state index is 13.4. The lowest BCUT2D eigenvalue weighted by Gasteiger charge is -2.38. The lowest BCUT2D eigenvalue weighted by atomic mass is 9.80. The van der Waals surface area contributed by atoms with Crippen LogP contribution in [0, 0.1) is 11.7 Å². The first kappa shape index (κ1) is 17.2. The molecule has 0 aromatic heterocycles. The molecule has 1 aliphatic heterocycles. The summed E-state index contributed by atoms with van der Waals surface area (Å²) in [7, 11) is 0. The summed E-state index contributed by atoms with van der Waals surface area (Å²) in [6.07, 6.45) is 2.24. The van der Waals surface area contributed by atoms with E-state index < -0.39 is 16.9 Å². The molecule has 1 N–H and O–H groups in total. The number of hydrogen-bond donors (Lipinski definition) is 1. The zero-order chi connectivity index (χ0) is 18.5. The van der Waals surface area contributed by atoms with E-state index in [2.05, 4.69) is 4.72 Å². The Morgan fingerprint density at radius 1 is 1.19 bits per heavy atom. The summed E-state index contributed by atoms with van der Waals surface area (Å²) in [4.78, 5) is 0. The maximum Gasteiger partial charge on any atom is 0.130 e. The van der Waals surface area contributed by atoms with Gasteiger partial charge in [0.2, 0.25) is 0 Å². The summed E-state index contributed by atoms with van der Waals surface area (Å²) < 4.78 is 43.9. The number of hydrogen-bond acceptors (Lipinski definition) is 3. The normalized spacial score (nSPS) is 19.5. The Kier molecular flexibility index (Phi) is 4.12. The van der Waals surface area contributed by atoms with E-state index in [1.165, 1.54) is 17.7 Å². The van der Waals surface area contributed by atoms with E-state index in [1.807, 2.05) is 19.9 Å². The van der Waals surface area contributed by atoms with Crippen molar-refractivity contribution in [2.45, 2.75) is 32.3 Å². The smallest absolute Gasteiger partial charge is 0.130 e. The SMILES string of the molecule is CC1(C)Oc2cc(NS(=O)[O-])ccc2C(c2ccc(F)cc2)=C1C1CC1. The van der Waals surface area contributed by atoms with Crippen LogP contribution in [-0.4, -0.2) is 14.4 Å². The van der Waals surface area contributed by atoms with Crippen molar-refractivity contribution in [2.75, 3.05) is 4.72 Å². The van der Waals surface area contributed by atoms with E-state index in [-0.39, 0.29) is 5.82 Å². The molecular weight excluding hydrogens is 353 g/mol. The Labute approximate surface area is 154 Å². The van der Waals surface area contributed by atoms with Crippen LogP contribution in [0.2, 0.25) is 0 Å². The fraction of sp³-hybridized carbons (Fsp3) is 0.300. The number of halogens is 1. The highest BCUT2D eigenvalue weighted by atomic mass is 32.2. The summed E-state index contributed by atoms with van der Waals surface area (Å²) >= 11 is -2.40. The predicted molar refractivity (Wildman–Crippen MR) is 98.8 cm³/mol. The number of fused-ring (bicyclic) bond motifs is 1. The Morgan fingerprint density at radius 3 is 2.50 bits per heavy atom. The molecule has 0 radical (unpaired) electrons. The van der Waals surface area contributed by atoms with Gasteiger partial charge in [0.25, 0.3) is 0 Å². The molecule has 2 aromatic rings. The van der Waals surface area contributed by atoms with Gasteiger partial charge in [-0.2, -0.15) is 0 Å². The summed E-state index contributed by atoms with van der Waals surface area (Å²) in [5.41, 5.74) is 4.06. The van der Waals surface area contributed by atoms with Gasteiger partial charge in [-0.05, 0) is 73.6 Å². The lowest BCUT2D eigenvalue weighted by molar-refractivity contribution is 0.138. The highest BCUT2D eigenvalue weighted by molar-refractivity contribution is 7.80. The van der Waals surface area contributed by atoms with Crippen molar-refractivity contribution in [1.29, 1.82) is 0 Å². The monoisotopic (exact) mass is 372 g/mol. The summed E-state index contributed by atoms with van der Waals surface area (Å²) in [6.45, 7) is 4.05. The number of ether oxygens (including phenoxy) is 1. The molecule has 1 atom stereocenters. The lowest BCUT2D eigenvalue weighted by Crippen LogP contribution is -2.36. The minimum atomic E-state index is -2.40. The molecule has 0 saturated heterocycles. The van der Waals surface area contributed by atoms with Gasteiger partial charge in [-0.1, -0.05) is 12.1 Å². The topological polar surface area (TPSA) is 61.4 Å². The van der Waals surface area contributed by atoms with Crippen LogP contribution in [-0.2, 0) is 11.3 Å². The second-order valence-electron chi connectivity index (χ2n) is 7.23. The van der Waals surface area contributed by atoms with Crippen LogP contribution in [0.25, 0.3) is 5.57 Å². The predicted octanol–water partition coefficient (Wildman–Crippen LogP) is 4.41. The molecule has 0 amide bonds. The van der Waals surface area contributed by atoms with E-state index >= 15 is 0 Å². The molecule has 2 aliphatic rings. The minimum absolute atomic E-state index is 0.272. The molecule has 1 unspecified atom stereocenters. The van der Waals surface area contributed by atoms with Crippen LogP contribution in [0.15, 0.2) is 48.0 Å². The molecule has 0 bridgehead atoms. The van der Waals surface area contributed by atoms with Crippen molar-refractivity contribution >= 4 is 22.5 Å². The van der Waals surface area contributed by atoms with Gasteiger partial charge in [0.15, 0.2) is 0 Å². The van der Waals surface area contributed by atoms with Crippen LogP contribution in [0.1, 0.15) is 37.8 Å². The molecule has 4 rings (SSSR count). The molecule has 1 aliphatic carbocycles. The van der Waals surface area contributed by atoms with E-state index in [4.69, 9.17) is 4.74 Å². The second kappa shape index (κ2) is 6.21. The average Bonchev–Trinajstić information content (AvgIpc) is 3.37. The van der Waals surface area contributed by atoms with E-state index in [9.17, 15) is 13.2 Å². The van der Waals surface area contributed by atoms with Gasteiger partial charge in [0.1, 0.15) is 17.2 Å². The quantitative estimate of drug-likeness (QED) is 0.809. The highest BCUT2D eigenvalue weighted by Crippen LogP contribution is 2.52. The number of nitrogens with one attached hydrogen (secondary N) is 1. The summed E-state index contributed by atoms with van der Waals surface area (Å²) in [6, 6.07) is 11.8. The van der Waals surface area contributed by atoms with Crippen LogP contribution in [0.3, 0.4) is 0 Å². The van der Waals surface area contributed by atoms with Gasteiger partial charge in [0, 0.05) is 28.6 Å². The van der Waals surface area contributed by atoms with Gasteiger partial charge in [-0.3, -0.25) is 4.21 Å². The Hall–Kier alpha value is -2.18. The van der Waals surface area contributed by atoms with Crippen molar-refractivity contribution in [3.8, 4) is 5.75 Å². The first-order valence-corrected chi connectivity index (χ1v) is 9.62. The zero-order valence-corrected chi connectivity index (χ0v) is 15.4. The summed E-state index contributed by atoms with van der Waals surface area (Å²) in [5.74, 6) is 0.811. The number of anilines is 1. The molecule has 1 saturated carbocycles. The molecule has 1 heterocycles. The summed E-state index contributed by atoms with van der Waals surface area (Å²) in [5, 5.41) is 0. The standard InChI is InChI=1S/C20H20FNO3S/c1-20(2)19(13-3-4-13)18(12-5-7-14(21)8-6-12)16-10-9-15(22-26(23)24)11-17(16)25-20/h5-11,13,22H,3-4H2,1-2H3,(H,23,24)/p-1. The van der Waals surface area contributed by atoms with Gasteiger partial charge >= 0.3 is 0 Å². The van der Waals surface area contributed by atoms with Crippen LogP contribution < -0.4 is 9.46 Å². The minimum Gasteiger partial charge on any atom is -0.755 e. The van der Waals surface area contributed by atoms with Crippen molar-refractivity contribution in [3.05, 3.63) is 65.0 Å². The van der Waals surface area contributed by atoms with Crippen molar-refractivity contribution < 1.29 is 17.9 Å². The van der Waals surface area contributed by atoms with Crippen LogP contribution in [0.4, 0.5) is 10.1 Å². The van der Waals surface area contributed by atoms with Crippen molar-refractivity contribution in [2.24, 2.45) is 5.92 Å². The molecule has 1 fully saturated rings. The third-order valence-electron chi connectivity index (χ3n) is 4.85. The third kappa shape index (κ3) is 3.15. The highest BCUT2D eigenvalue weighted by Gasteiger charge is 2.43. The van der Waals surface area contributed by atoms with Crippen LogP contribution >= 0.6 is 0 Å². The van der Waals surface area contributed by atoms with E-state index in [0.717, 1.165) is 29.5 Å². The first-order valence-electron chi connectivity index (χ1n) is 8.55. The molecule has 6 heteroatoms. The third-order valence-corrected chi connectivity index (χ3v) is 5.26. The molecule has 136 valence electrons. The Morgan fingerprint density at radius 2 is 1.88 bits per heavy atom. The number of benzene rings is 2. The van der Waals surface area contributed by atoms with Gasteiger partial charge in [0.05, 0.1) is 0 Å². The van der Waals surface area contributed by atoms with Crippen molar-refractivity contribution in [3.63, 3.8) is 0 Å². The van der Waals surface area contributed by atoms with Gasteiger partial charge < -0.3 is 14.0 Å². The largest absolute Gasteiger partial charge is 0.755 e. The molecule has 4 nitrogen and oxygen atoms in total. The zero-order valence-electron chi connectivity index (χ0n) is 14.5. The molecule has 2 aromatic carbocycles. The Bertz CT molecular complexity index is 917. The van der Waals surface area contributed by atoms with Crippen molar-refractivity contribution in [1.82, 2.24) is 0 Å². The van der Waals surface area contributed by atoms with Gasteiger partial charge in [-0.15, -0.1) is 0 Å². The Balaban J connectivity index is 1.91. The van der Waals surface area contributed by atoms with Crippen LogP contribution in [0.5, 0.6) is 5.75 Å². The molecule has 0 spiro atoms. The van der Waals surface area contributed by atoms with E-state index in [1.54, 1.807) is 24.3 Å². The average molecular weight is 372 g/mol. The fourth-order valence-corrected chi connectivity index (χ4v) is 4.06.